The van der Waals surface area contributed by atoms with E-state index in [0.717, 1.165) is 30.9 Å². The third kappa shape index (κ3) is 4.89. The molecule has 0 unspecified atom stereocenters. The van der Waals surface area contributed by atoms with Gasteiger partial charge in [-0.25, -0.2) is 13.2 Å². The Morgan fingerprint density at radius 2 is 1.50 bits per heavy atom. The van der Waals surface area contributed by atoms with Crippen LogP contribution < -0.4 is 0 Å². The molecule has 1 aliphatic carbocycles. The van der Waals surface area contributed by atoms with E-state index in [9.17, 15) is 13.2 Å². The molecule has 0 bridgehead atoms. The number of benzene rings is 1. The van der Waals surface area contributed by atoms with Crippen molar-refractivity contribution >= 4 is 0 Å². The first-order valence-corrected chi connectivity index (χ1v) is 8.34. The van der Waals surface area contributed by atoms with Crippen LogP contribution in [0.1, 0.15) is 56.9 Å². The molecular formula is C19H25F3. The minimum absolute atomic E-state index is 0.560. The number of aryl methyl sites for hydroxylation is 1. The first-order valence-electron chi connectivity index (χ1n) is 8.34. The van der Waals surface area contributed by atoms with E-state index in [-0.39, 0.29) is 0 Å². The number of hydrogen-bond acceptors (Lipinski definition) is 0. The lowest BCUT2D eigenvalue weighted by Crippen LogP contribution is -2.15. The summed E-state index contributed by atoms with van der Waals surface area (Å²) in [5.41, 5.74) is 0.560. The molecule has 0 atom stereocenters. The highest BCUT2D eigenvalue weighted by Gasteiger charge is 2.21. The van der Waals surface area contributed by atoms with Crippen LogP contribution in [0.5, 0.6) is 0 Å². The van der Waals surface area contributed by atoms with Crippen LogP contribution in [0.2, 0.25) is 0 Å². The second-order valence-corrected chi connectivity index (χ2v) is 6.52. The SMILES string of the molecule is C=CCCCC1CCC(CCc2cc(F)c(F)c(F)c2)CC1. The first kappa shape index (κ1) is 17.1. The van der Waals surface area contributed by atoms with Gasteiger partial charge in [-0.2, -0.15) is 0 Å². The molecular weight excluding hydrogens is 285 g/mol. The Kier molecular flexibility index (Phi) is 6.53. The van der Waals surface area contributed by atoms with Crippen molar-refractivity contribution < 1.29 is 13.2 Å². The lowest BCUT2D eigenvalue weighted by atomic mass is 9.78. The number of unbranched alkanes of at least 4 members (excludes halogenated alkanes) is 1. The molecule has 3 heteroatoms. The maximum Gasteiger partial charge on any atom is 0.194 e. The standard InChI is InChI=1S/C19H25F3/c1-2-3-4-5-14-6-8-15(9-7-14)10-11-16-12-17(20)19(22)18(21)13-16/h2,12-15H,1,3-11H2. The molecule has 22 heavy (non-hydrogen) atoms. The number of hydrogen-bond donors (Lipinski definition) is 0. The van der Waals surface area contributed by atoms with Gasteiger partial charge in [0.25, 0.3) is 0 Å². The van der Waals surface area contributed by atoms with E-state index in [2.05, 4.69) is 6.58 Å². The van der Waals surface area contributed by atoms with Crippen LogP contribution in [0, 0.1) is 29.3 Å². The molecule has 0 nitrogen and oxygen atoms in total. The molecule has 0 radical (unpaired) electrons. The quantitative estimate of drug-likeness (QED) is 0.319. The van der Waals surface area contributed by atoms with Crippen molar-refractivity contribution in [1.82, 2.24) is 0 Å². The summed E-state index contributed by atoms with van der Waals surface area (Å²) in [7, 11) is 0. The van der Waals surface area contributed by atoms with E-state index < -0.39 is 17.5 Å². The van der Waals surface area contributed by atoms with Crippen LogP contribution >= 0.6 is 0 Å². The van der Waals surface area contributed by atoms with E-state index in [0.29, 0.717) is 17.9 Å². The van der Waals surface area contributed by atoms with Crippen molar-refractivity contribution in [2.45, 2.75) is 57.8 Å². The minimum Gasteiger partial charge on any atom is -0.204 e. The van der Waals surface area contributed by atoms with E-state index in [1.54, 1.807) is 0 Å². The zero-order valence-corrected chi connectivity index (χ0v) is 13.1. The van der Waals surface area contributed by atoms with Gasteiger partial charge in [0.15, 0.2) is 17.5 Å². The normalized spacial score (nSPS) is 21.8. The largest absolute Gasteiger partial charge is 0.204 e. The molecule has 0 aliphatic heterocycles. The molecule has 1 aliphatic rings. The first-order chi connectivity index (χ1) is 10.6. The van der Waals surface area contributed by atoms with Crippen LogP contribution in [0.4, 0.5) is 13.2 Å². The minimum atomic E-state index is -1.37. The van der Waals surface area contributed by atoms with Gasteiger partial charge in [-0.15, -0.1) is 6.58 Å². The second kappa shape index (κ2) is 8.40. The molecule has 1 saturated carbocycles. The predicted molar refractivity (Wildman–Crippen MR) is 84.1 cm³/mol. The van der Waals surface area contributed by atoms with Gasteiger partial charge in [-0.1, -0.05) is 38.2 Å². The molecule has 1 aromatic rings. The molecule has 2 rings (SSSR count). The van der Waals surface area contributed by atoms with Crippen LogP contribution in [-0.2, 0) is 6.42 Å². The van der Waals surface area contributed by atoms with Crippen molar-refractivity contribution in [3.63, 3.8) is 0 Å². The van der Waals surface area contributed by atoms with Gasteiger partial charge in [0.2, 0.25) is 0 Å². The molecule has 0 heterocycles. The summed E-state index contributed by atoms with van der Waals surface area (Å²) >= 11 is 0. The smallest absolute Gasteiger partial charge is 0.194 e. The Balaban J connectivity index is 1.74. The van der Waals surface area contributed by atoms with Crippen LogP contribution in [0.3, 0.4) is 0 Å². The highest BCUT2D eigenvalue weighted by Crippen LogP contribution is 2.34. The van der Waals surface area contributed by atoms with Crippen molar-refractivity contribution in [2.24, 2.45) is 11.8 Å². The number of allylic oxidation sites excluding steroid dienone is 1. The van der Waals surface area contributed by atoms with Gasteiger partial charge >= 0.3 is 0 Å². The average Bonchev–Trinajstić information content (AvgIpc) is 2.52. The highest BCUT2D eigenvalue weighted by molar-refractivity contribution is 5.19. The average molecular weight is 310 g/mol. The lowest BCUT2D eigenvalue weighted by Gasteiger charge is -2.28. The van der Waals surface area contributed by atoms with Crippen molar-refractivity contribution in [1.29, 1.82) is 0 Å². The van der Waals surface area contributed by atoms with Gasteiger partial charge in [0.1, 0.15) is 0 Å². The van der Waals surface area contributed by atoms with Gasteiger partial charge in [-0.05, 0) is 55.2 Å². The fourth-order valence-corrected chi connectivity index (χ4v) is 3.48. The predicted octanol–water partition coefficient (Wildman–Crippen LogP) is 6.20. The van der Waals surface area contributed by atoms with E-state index in [4.69, 9.17) is 0 Å². The molecule has 1 fully saturated rings. The Bertz CT molecular complexity index is 464. The third-order valence-electron chi connectivity index (χ3n) is 4.87. The number of halogens is 3. The molecule has 0 N–H and O–H groups in total. The third-order valence-corrected chi connectivity index (χ3v) is 4.87. The fraction of sp³-hybridized carbons (Fsp3) is 0.579. The van der Waals surface area contributed by atoms with Gasteiger partial charge in [-0.3, -0.25) is 0 Å². The lowest BCUT2D eigenvalue weighted by molar-refractivity contribution is 0.250. The summed E-state index contributed by atoms with van der Waals surface area (Å²) in [4.78, 5) is 0. The van der Waals surface area contributed by atoms with Gasteiger partial charge in [0, 0.05) is 0 Å². The van der Waals surface area contributed by atoms with E-state index in [1.807, 2.05) is 6.08 Å². The monoisotopic (exact) mass is 310 g/mol. The van der Waals surface area contributed by atoms with Gasteiger partial charge < -0.3 is 0 Å². The summed E-state index contributed by atoms with van der Waals surface area (Å²) in [6.45, 7) is 3.75. The zero-order chi connectivity index (χ0) is 15.9. The summed E-state index contributed by atoms with van der Waals surface area (Å²) in [6.07, 6.45) is 12.1. The second-order valence-electron chi connectivity index (χ2n) is 6.52. The van der Waals surface area contributed by atoms with Crippen molar-refractivity contribution in [3.05, 3.63) is 47.8 Å². The van der Waals surface area contributed by atoms with E-state index >= 15 is 0 Å². The Morgan fingerprint density at radius 3 is 2.05 bits per heavy atom. The zero-order valence-electron chi connectivity index (χ0n) is 13.1. The summed E-state index contributed by atoms with van der Waals surface area (Å²) < 4.78 is 39.3. The maximum absolute atomic E-state index is 13.2. The van der Waals surface area contributed by atoms with Crippen molar-refractivity contribution in [2.75, 3.05) is 0 Å². The molecule has 122 valence electrons. The van der Waals surface area contributed by atoms with Crippen LogP contribution in [0.25, 0.3) is 0 Å². The summed E-state index contributed by atoms with van der Waals surface area (Å²) in [5.74, 6) is -2.07. The Labute approximate surface area is 131 Å². The number of rotatable bonds is 7. The molecule has 0 amide bonds. The molecule has 1 aromatic carbocycles. The maximum atomic E-state index is 13.2. The molecule has 0 saturated heterocycles. The Morgan fingerprint density at radius 1 is 0.955 bits per heavy atom. The molecule has 0 spiro atoms. The topological polar surface area (TPSA) is 0 Å². The molecule has 0 aromatic heterocycles. The van der Waals surface area contributed by atoms with E-state index in [1.165, 1.54) is 38.5 Å². The summed E-state index contributed by atoms with van der Waals surface area (Å²) in [6, 6.07) is 2.25. The van der Waals surface area contributed by atoms with Crippen molar-refractivity contribution in [3.8, 4) is 0 Å². The van der Waals surface area contributed by atoms with Crippen LogP contribution in [-0.4, -0.2) is 0 Å². The summed E-state index contributed by atoms with van der Waals surface area (Å²) in [5, 5.41) is 0. The van der Waals surface area contributed by atoms with Crippen LogP contribution in [0.15, 0.2) is 24.8 Å². The fourth-order valence-electron chi connectivity index (χ4n) is 3.48. The Hall–Kier alpha value is -1.25. The highest BCUT2D eigenvalue weighted by atomic mass is 19.2. The van der Waals surface area contributed by atoms with Gasteiger partial charge in [0.05, 0.1) is 0 Å².